The number of piperidine rings is 1. The zero-order valence-corrected chi connectivity index (χ0v) is 22.4. The first-order valence-electron chi connectivity index (χ1n) is 13.4. The number of H-pyrrole nitrogens is 1. The van der Waals surface area contributed by atoms with E-state index in [0.717, 1.165) is 37.9 Å². The van der Waals surface area contributed by atoms with Gasteiger partial charge in [-0.15, -0.1) is 0 Å². The molecule has 5 rings (SSSR count). The molecule has 0 radical (unpaired) electrons. The van der Waals surface area contributed by atoms with Crippen LogP contribution in [0.1, 0.15) is 44.7 Å². The number of rotatable bonds is 9. The number of imidazole rings is 1. The SMILES string of the molecule is COCCCNC(=O)C1(C)COC(c2nc(-c3ccc(F)cc3)c(-c3ccnc(N4CCCCC4)n3)[nH]2)OC1. The zero-order valence-electron chi connectivity index (χ0n) is 22.4. The predicted octanol–water partition coefficient (Wildman–Crippen LogP) is 3.87. The van der Waals surface area contributed by atoms with Crippen molar-refractivity contribution in [3.8, 4) is 22.6 Å². The molecule has 1 amide bonds. The van der Waals surface area contributed by atoms with Crippen LogP contribution in [-0.2, 0) is 19.0 Å². The van der Waals surface area contributed by atoms with Crippen LogP contribution in [0, 0.1) is 11.2 Å². The van der Waals surface area contributed by atoms with Crippen LogP contribution in [0.5, 0.6) is 0 Å². The maximum absolute atomic E-state index is 13.7. The number of nitrogens with one attached hydrogen (secondary N) is 2. The number of amides is 1. The zero-order chi connectivity index (χ0) is 27.2. The molecule has 2 fully saturated rings. The Kier molecular flexibility index (Phi) is 8.49. The first kappa shape index (κ1) is 27.2. The van der Waals surface area contributed by atoms with Gasteiger partial charge in [-0.25, -0.2) is 19.3 Å². The van der Waals surface area contributed by atoms with Gasteiger partial charge in [0.05, 0.1) is 35.7 Å². The largest absolute Gasteiger partial charge is 0.385 e. The van der Waals surface area contributed by atoms with Crippen molar-refractivity contribution in [2.24, 2.45) is 5.41 Å². The summed E-state index contributed by atoms with van der Waals surface area (Å²) in [4.78, 5) is 32.4. The van der Waals surface area contributed by atoms with Crippen LogP contribution >= 0.6 is 0 Å². The molecular weight excluding hydrogens is 503 g/mol. The van der Waals surface area contributed by atoms with Crippen LogP contribution < -0.4 is 10.2 Å². The molecule has 2 aromatic heterocycles. The molecular formula is C28H35FN6O4. The molecule has 0 bridgehead atoms. The van der Waals surface area contributed by atoms with Gasteiger partial charge in [0.1, 0.15) is 5.82 Å². The van der Waals surface area contributed by atoms with Gasteiger partial charge >= 0.3 is 0 Å². The molecule has 39 heavy (non-hydrogen) atoms. The number of aromatic amines is 1. The number of hydrogen-bond donors (Lipinski definition) is 2. The number of hydrogen-bond acceptors (Lipinski definition) is 8. The van der Waals surface area contributed by atoms with Crippen LogP contribution in [0.15, 0.2) is 36.5 Å². The van der Waals surface area contributed by atoms with Gasteiger partial charge in [-0.3, -0.25) is 4.79 Å². The average molecular weight is 539 g/mol. The lowest BCUT2D eigenvalue weighted by Crippen LogP contribution is -2.48. The van der Waals surface area contributed by atoms with Gasteiger partial charge in [0, 0.05) is 45.1 Å². The Morgan fingerprint density at radius 2 is 1.90 bits per heavy atom. The summed E-state index contributed by atoms with van der Waals surface area (Å²) in [5.74, 6) is 0.662. The first-order valence-corrected chi connectivity index (χ1v) is 13.4. The number of nitrogens with zero attached hydrogens (tertiary/aromatic N) is 4. The van der Waals surface area contributed by atoms with E-state index < -0.39 is 11.7 Å². The van der Waals surface area contributed by atoms with Crippen molar-refractivity contribution in [1.82, 2.24) is 25.3 Å². The van der Waals surface area contributed by atoms with Crippen molar-refractivity contribution < 1.29 is 23.4 Å². The average Bonchev–Trinajstić information content (AvgIpc) is 3.42. The van der Waals surface area contributed by atoms with E-state index in [2.05, 4.69) is 20.2 Å². The van der Waals surface area contributed by atoms with Gasteiger partial charge in [-0.05, 0) is 62.9 Å². The molecule has 3 aromatic rings. The number of aromatic nitrogens is 4. The van der Waals surface area contributed by atoms with Gasteiger partial charge in [0.15, 0.2) is 5.82 Å². The molecule has 2 aliphatic heterocycles. The van der Waals surface area contributed by atoms with Crippen molar-refractivity contribution in [1.29, 1.82) is 0 Å². The molecule has 0 saturated carbocycles. The summed E-state index contributed by atoms with van der Waals surface area (Å²) in [5.41, 5.74) is 1.83. The fraction of sp³-hybridized carbons (Fsp3) is 0.500. The quantitative estimate of drug-likeness (QED) is 0.395. The lowest BCUT2D eigenvalue weighted by molar-refractivity contribution is -0.231. The summed E-state index contributed by atoms with van der Waals surface area (Å²) in [6.45, 7) is 5.09. The van der Waals surface area contributed by atoms with Crippen molar-refractivity contribution in [3.63, 3.8) is 0 Å². The van der Waals surface area contributed by atoms with E-state index in [0.29, 0.717) is 42.0 Å². The van der Waals surface area contributed by atoms with Crippen LogP contribution in [0.2, 0.25) is 0 Å². The van der Waals surface area contributed by atoms with E-state index in [9.17, 15) is 9.18 Å². The molecule has 2 aliphatic rings. The molecule has 10 nitrogen and oxygen atoms in total. The minimum Gasteiger partial charge on any atom is -0.385 e. The Labute approximate surface area is 227 Å². The van der Waals surface area contributed by atoms with Crippen LogP contribution in [0.4, 0.5) is 10.3 Å². The number of ether oxygens (including phenoxy) is 3. The van der Waals surface area contributed by atoms with E-state index in [1.165, 1.54) is 18.6 Å². The lowest BCUT2D eigenvalue weighted by atomic mass is 9.91. The minimum atomic E-state index is -0.825. The minimum absolute atomic E-state index is 0.129. The number of halogens is 1. The Bertz CT molecular complexity index is 1250. The summed E-state index contributed by atoms with van der Waals surface area (Å²) in [6.07, 6.45) is 5.12. The third kappa shape index (κ3) is 6.26. The molecule has 2 N–H and O–H groups in total. The molecule has 208 valence electrons. The number of anilines is 1. The summed E-state index contributed by atoms with van der Waals surface area (Å²) < 4.78 is 30.7. The summed E-state index contributed by atoms with van der Waals surface area (Å²) in [7, 11) is 1.63. The normalized spacial score (nSPS) is 21.6. The molecule has 0 unspecified atom stereocenters. The fourth-order valence-corrected chi connectivity index (χ4v) is 4.77. The molecule has 1 aromatic carbocycles. The topological polar surface area (TPSA) is 114 Å². The number of methoxy groups -OCH3 is 1. The standard InChI is InChI=1S/C28H35FN6O4/c1-28(26(36)30-12-6-16-37-2)17-38-25(39-18-28)24-33-22(19-7-9-20(29)10-8-19)23(34-24)21-11-13-31-27(32-21)35-14-4-3-5-15-35/h7-11,13,25H,3-6,12,14-18H2,1-2H3,(H,30,36)(H,33,34). The third-order valence-corrected chi connectivity index (χ3v) is 7.07. The number of carbonyl (C=O) groups is 1. The second-order valence-electron chi connectivity index (χ2n) is 10.3. The molecule has 0 atom stereocenters. The molecule has 4 heterocycles. The monoisotopic (exact) mass is 538 g/mol. The van der Waals surface area contributed by atoms with E-state index in [1.807, 2.05) is 13.0 Å². The third-order valence-electron chi connectivity index (χ3n) is 7.07. The van der Waals surface area contributed by atoms with Crippen molar-refractivity contribution in [2.75, 3.05) is 51.5 Å². The van der Waals surface area contributed by atoms with Crippen LogP contribution in [0.25, 0.3) is 22.6 Å². The van der Waals surface area contributed by atoms with Gasteiger partial charge in [-0.2, -0.15) is 0 Å². The second-order valence-corrected chi connectivity index (χ2v) is 10.3. The highest BCUT2D eigenvalue weighted by molar-refractivity contribution is 5.82. The first-order chi connectivity index (χ1) is 19.0. The van der Waals surface area contributed by atoms with E-state index in [1.54, 1.807) is 25.4 Å². The summed E-state index contributed by atoms with van der Waals surface area (Å²) >= 11 is 0. The van der Waals surface area contributed by atoms with Crippen molar-refractivity contribution in [3.05, 3.63) is 48.2 Å². The highest BCUT2D eigenvalue weighted by Gasteiger charge is 2.40. The smallest absolute Gasteiger partial charge is 0.230 e. The van der Waals surface area contributed by atoms with Gasteiger partial charge in [-0.1, -0.05) is 0 Å². The van der Waals surface area contributed by atoms with Crippen LogP contribution in [0.3, 0.4) is 0 Å². The van der Waals surface area contributed by atoms with Gasteiger partial charge in [0.2, 0.25) is 18.1 Å². The van der Waals surface area contributed by atoms with E-state index in [-0.39, 0.29) is 24.9 Å². The van der Waals surface area contributed by atoms with E-state index in [4.69, 9.17) is 24.2 Å². The summed E-state index contributed by atoms with van der Waals surface area (Å²) in [5, 5.41) is 2.92. The van der Waals surface area contributed by atoms with E-state index >= 15 is 0 Å². The Morgan fingerprint density at radius 1 is 1.15 bits per heavy atom. The second kappa shape index (κ2) is 12.2. The Morgan fingerprint density at radius 3 is 2.62 bits per heavy atom. The predicted molar refractivity (Wildman–Crippen MR) is 143 cm³/mol. The van der Waals surface area contributed by atoms with Gasteiger partial charge in [0.25, 0.3) is 0 Å². The van der Waals surface area contributed by atoms with Crippen LogP contribution in [-0.4, -0.2) is 72.4 Å². The number of carbonyl (C=O) groups excluding carboxylic acids is 1. The highest BCUT2D eigenvalue weighted by Crippen LogP contribution is 2.36. The molecule has 11 heteroatoms. The van der Waals surface area contributed by atoms with Crippen molar-refractivity contribution in [2.45, 2.75) is 38.9 Å². The van der Waals surface area contributed by atoms with Crippen molar-refractivity contribution >= 4 is 11.9 Å². The fourth-order valence-electron chi connectivity index (χ4n) is 4.77. The molecule has 2 saturated heterocycles. The molecule has 0 aliphatic carbocycles. The Hall–Kier alpha value is -3.41. The lowest BCUT2D eigenvalue weighted by Gasteiger charge is -2.35. The maximum Gasteiger partial charge on any atom is 0.230 e. The summed E-state index contributed by atoms with van der Waals surface area (Å²) in [6, 6.07) is 7.98. The number of benzene rings is 1. The highest BCUT2D eigenvalue weighted by atomic mass is 19.1. The van der Waals surface area contributed by atoms with Gasteiger partial charge < -0.3 is 29.4 Å². The Balaban J connectivity index is 1.38. The molecule has 0 spiro atoms. The maximum atomic E-state index is 13.7.